The molecule has 5 heteroatoms. The Morgan fingerprint density at radius 2 is 1.80 bits per heavy atom. The first-order valence-electron chi connectivity index (χ1n) is 11.2. The Kier molecular flexibility index (Phi) is 4.76. The van der Waals surface area contributed by atoms with Crippen LogP contribution in [0.1, 0.15) is 57.5 Å². The van der Waals surface area contributed by atoms with Crippen molar-refractivity contribution in [2.45, 2.75) is 65.2 Å². The second-order valence-corrected chi connectivity index (χ2v) is 9.09. The van der Waals surface area contributed by atoms with Gasteiger partial charge >= 0.3 is 6.03 Å². The number of anilines is 1. The van der Waals surface area contributed by atoms with Crippen LogP contribution in [0.5, 0.6) is 0 Å². The largest absolute Gasteiger partial charge is 0.326 e. The van der Waals surface area contributed by atoms with Crippen LogP contribution in [0.25, 0.3) is 11.0 Å². The second kappa shape index (κ2) is 7.46. The number of hydrogen-bond donors (Lipinski definition) is 0. The summed E-state index contributed by atoms with van der Waals surface area (Å²) in [5, 5.41) is 0. The lowest BCUT2D eigenvalue weighted by molar-refractivity contribution is 0.176. The van der Waals surface area contributed by atoms with Crippen molar-refractivity contribution in [2.75, 3.05) is 4.90 Å². The van der Waals surface area contributed by atoms with Gasteiger partial charge in [0.05, 0.1) is 29.3 Å². The van der Waals surface area contributed by atoms with Crippen molar-refractivity contribution >= 4 is 22.8 Å². The van der Waals surface area contributed by atoms with Gasteiger partial charge in [0.25, 0.3) is 0 Å². The van der Waals surface area contributed by atoms with Crippen molar-refractivity contribution < 1.29 is 4.79 Å². The summed E-state index contributed by atoms with van der Waals surface area (Å²) in [6.07, 6.45) is 3.31. The number of aryl methyl sites for hydroxylation is 1. The van der Waals surface area contributed by atoms with Gasteiger partial charge in [-0.15, -0.1) is 0 Å². The molecule has 2 aromatic carbocycles. The maximum Gasteiger partial charge on any atom is 0.325 e. The number of amides is 2. The van der Waals surface area contributed by atoms with E-state index in [4.69, 9.17) is 4.98 Å². The summed E-state index contributed by atoms with van der Waals surface area (Å²) in [4.78, 5) is 22.6. The Morgan fingerprint density at radius 1 is 1.07 bits per heavy atom. The predicted molar refractivity (Wildman–Crippen MR) is 120 cm³/mol. The number of rotatable bonds is 6. The Labute approximate surface area is 178 Å². The lowest BCUT2D eigenvalue weighted by Gasteiger charge is -2.41. The molecule has 5 rings (SSSR count). The monoisotopic (exact) mass is 402 g/mol. The van der Waals surface area contributed by atoms with Crippen molar-refractivity contribution in [2.24, 2.45) is 5.92 Å². The van der Waals surface area contributed by atoms with Crippen molar-refractivity contribution in [3.63, 3.8) is 0 Å². The lowest BCUT2D eigenvalue weighted by Crippen LogP contribution is -2.49. The summed E-state index contributed by atoms with van der Waals surface area (Å²) in [6, 6.07) is 17.3. The van der Waals surface area contributed by atoms with Crippen LogP contribution >= 0.6 is 0 Å². The molecule has 1 atom stereocenters. The SMILES string of the molecule is CC(C)CCn1c(CN2C(=O)N(C3CC3)C(C)c3ccccc32)nc2ccccc21. The normalized spacial score (nSPS) is 19.1. The second-order valence-electron chi connectivity index (χ2n) is 9.09. The third-order valence-electron chi connectivity index (χ3n) is 6.45. The van der Waals surface area contributed by atoms with Gasteiger partial charge in [-0.1, -0.05) is 44.2 Å². The third kappa shape index (κ3) is 3.26. The molecular formula is C25H30N4O. The van der Waals surface area contributed by atoms with E-state index in [0.717, 1.165) is 48.4 Å². The van der Waals surface area contributed by atoms with Crippen LogP contribution in [0.3, 0.4) is 0 Å². The van der Waals surface area contributed by atoms with E-state index in [2.05, 4.69) is 66.6 Å². The number of aromatic nitrogens is 2. The fraction of sp³-hybridized carbons (Fsp3) is 0.440. The van der Waals surface area contributed by atoms with E-state index < -0.39 is 0 Å². The van der Waals surface area contributed by atoms with E-state index in [9.17, 15) is 4.79 Å². The van der Waals surface area contributed by atoms with Gasteiger partial charge in [-0.25, -0.2) is 9.78 Å². The number of carbonyl (C=O) groups is 1. The molecule has 0 saturated heterocycles. The number of para-hydroxylation sites is 3. The van der Waals surface area contributed by atoms with Crippen LogP contribution in [0.15, 0.2) is 48.5 Å². The molecule has 3 aromatic rings. The molecule has 1 aliphatic carbocycles. The minimum atomic E-state index is 0.117. The predicted octanol–water partition coefficient (Wildman–Crippen LogP) is 5.75. The van der Waals surface area contributed by atoms with Gasteiger partial charge in [-0.2, -0.15) is 0 Å². The molecule has 1 saturated carbocycles. The maximum atomic E-state index is 13.6. The van der Waals surface area contributed by atoms with Crippen LogP contribution < -0.4 is 4.90 Å². The van der Waals surface area contributed by atoms with E-state index >= 15 is 0 Å². The average Bonchev–Trinajstić information content (AvgIpc) is 3.50. The Balaban J connectivity index is 1.56. The molecule has 2 aliphatic rings. The number of carbonyl (C=O) groups excluding carboxylic acids is 1. The number of imidazole rings is 1. The topological polar surface area (TPSA) is 41.4 Å². The number of fused-ring (bicyclic) bond motifs is 2. The smallest absolute Gasteiger partial charge is 0.325 e. The quantitative estimate of drug-likeness (QED) is 0.527. The molecule has 0 spiro atoms. The van der Waals surface area contributed by atoms with Gasteiger partial charge < -0.3 is 9.47 Å². The van der Waals surface area contributed by atoms with E-state index in [-0.39, 0.29) is 12.1 Å². The Morgan fingerprint density at radius 3 is 2.57 bits per heavy atom. The molecule has 30 heavy (non-hydrogen) atoms. The van der Waals surface area contributed by atoms with Crippen molar-refractivity contribution in [1.29, 1.82) is 0 Å². The van der Waals surface area contributed by atoms with Gasteiger partial charge in [-0.3, -0.25) is 4.90 Å². The van der Waals surface area contributed by atoms with E-state index in [1.807, 2.05) is 17.0 Å². The molecule has 1 unspecified atom stereocenters. The molecule has 2 amide bonds. The van der Waals surface area contributed by atoms with Crippen LogP contribution in [-0.2, 0) is 13.1 Å². The standard InChI is InChI=1S/C25H30N4O/c1-17(2)14-15-27-23-11-7-5-9-21(23)26-24(27)16-28-22-10-6-4-8-20(22)18(3)29(25(28)30)19-12-13-19/h4-11,17-19H,12-16H2,1-3H3. The highest BCUT2D eigenvalue weighted by Crippen LogP contribution is 2.43. The molecule has 1 fully saturated rings. The van der Waals surface area contributed by atoms with Gasteiger partial charge in [0.15, 0.2) is 0 Å². The molecule has 0 N–H and O–H groups in total. The number of urea groups is 1. The molecular weight excluding hydrogens is 372 g/mol. The van der Waals surface area contributed by atoms with Gasteiger partial charge in [0.2, 0.25) is 0 Å². The fourth-order valence-electron chi connectivity index (χ4n) is 4.65. The van der Waals surface area contributed by atoms with Crippen molar-refractivity contribution in [3.05, 3.63) is 59.9 Å². The molecule has 0 bridgehead atoms. The summed E-state index contributed by atoms with van der Waals surface area (Å²) in [6.45, 7) is 8.07. The Hall–Kier alpha value is -2.82. The third-order valence-corrected chi connectivity index (χ3v) is 6.45. The summed E-state index contributed by atoms with van der Waals surface area (Å²) >= 11 is 0. The summed E-state index contributed by atoms with van der Waals surface area (Å²) in [5.41, 5.74) is 4.41. The molecule has 1 aliphatic heterocycles. The summed E-state index contributed by atoms with van der Waals surface area (Å²) in [7, 11) is 0. The number of hydrogen-bond acceptors (Lipinski definition) is 2. The van der Waals surface area contributed by atoms with E-state index in [1.54, 1.807) is 0 Å². The zero-order chi connectivity index (χ0) is 20.8. The van der Waals surface area contributed by atoms with Gasteiger partial charge in [0.1, 0.15) is 5.82 Å². The first kappa shape index (κ1) is 19.2. The minimum Gasteiger partial charge on any atom is -0.326 e. The molecule has 5 nitrogen and oxygen atoms in total. The van der Waals surface area contributed by atoms with E-state index in [1.165, 1.54) is 5.56 Å². The molecule has 1 aromatic heterocycles. The van der Waals surface area contributed by atoms with Crippen LogP contribution in [0, 0.1) is 5.92 Å². The highest BCUT2D eigenvalue weighted by Gasteiger charge is 2.43. The fourth-order valence-corrected chi connectivity index (χ4v) is 4.65. The summed E-state index contributed by atoms with van der Waals surface area (Å²) in [5.74, 6) is 1.58. The lowest BCUT2D eigenvalue weighted by atomic mass is 10.0. The highest BCUT2D eigenvalue weighted by atomic mass is 16.2. The number of benzene rings is 2. The Bertz CT molecular complexity index is 1080. The van der Waals surface area contributed by atoms with E-state index in [0.29, 0.717) is 18.5 Å². The van der Waals surface area contributed by atoms with Crippen LogP contribution in [0.4, 0.5) is 10.5 Å². The highest BCUT2D eigenvalue weighted by molar-refractivity contribution is 5.96. The zero-order valence-corrected chi connectivity index (χ0v) is 18.1. The van der Waals surface area contributed by atoms with Crippen molar-refractivity contribution in [1.82, 2.24) is 14.5 Å². The molecule has 2 heterocycles. The van der Waals surface area contributed by atoms with Gasteiger partial charge in [-0.05, 0) is 55.9 Å². The minimum absolute atomic E-state index is 0.117. The van der Waals surface area contributed by atoms with Crippen LogP contribution in [-0.4, -0.2) is 26.5 Å². The number of nitrogens with zero attached hydrogens (tertiary/aromatic N) is 4. The van der Waals surface area contributed by atoms with Crippen LogP contribution in [0.2, 0.25) is 0 Å². The molecule has 0 radical (unpaired) electrons. The van der Waals surface area contributed by atoms with Gasteiger partial charge in [0, 0.05) is 12.6 Å². The summed E-state index contributed by atoms with van der Waals surface area (Å²) < 4.78 is 2.31. The first-order chi connectivity index (χ1) is 14.5. The maximum absolute atomic E-state index is 13.6. The zero-order valence-electron chi connectivity index (χ0n) is 18.1. The first-order valence-corrected chi connectivity index (χ1v) is 11.2. The molecule has 156 valence electrons. The average molecular weight is 403 g/mol. The van der Waals surface area contributed by atoms with Crippen molar-refractivity contribution in [3.8, 4) is 0 Å².